The summed E-state index contributed by atoms with van der Waals surface area (Å²) in [5.74, 6) is 0. The fraction of sp³-hybridized carbons (Fsp3) is 0.333. The number of halogens is 2. The van der Waals surface area contributed by atoms with Crippen molar-refractivity contribution < 1.29 is 0 Å². The molecule has 0 radical (unpaired) electrons. The van der Waals surface area contributed by atoms with Crippen LogP contribution >= 0.6 is 33.9 Å². The van der Waals surface area contributed by atoms with Gasteiger partial charge in [0.25, 0.3) is 0 Å². The second-order valence-corrected chi connectivity index (χ2v) is 25.1. The molecule has 0 nitrogen and oxygen atoms in total. The number of hydrogen-bond acceptors (Lipinski definition) is 1. The molecule has 0 aliphatic carbocycles. The van der Waals surface area contributed by atoms with Crippen LogP contribution in [-0.4, -0.2) is 14.4 Å². The summed E-state index contributed by atoms with van der Waals surface area (Å²) in [7, 11) is -0.469. The van der Waals surface area contributed by atoms with E-state index in [4.69, 9.17) is 23.2 Å². The first-order valence-corrected chi connectivity index (χ1v) is 17.3. The van der Waals surface area contributed by atoms with Crippen molar-refractivity contribution in [2.45, 2.75) is 38.3 Å². The van der Waals surface area contributed by atoms with Crippen LogP contribution in [0.1, 0.15) is 11.1 Å². The molecule has 0 aromatic heterocycles. The molecule has 0 amide bonds. The lowest BCUT2D eigenvalue weighted by atomic mass is 10.2. The Morgan fingerprint density at radius 1 is 0.739 bits per heavy atom. The van der Waals surface area contributed by atoms with Crippen molar-refractivity contribution in [3.8, 4) is 0 Å². The van der Waals surface area contributed by atoms with Crippen LogP contribution in [0.2, 0.25) is 36.2 Å². The van der Waals surface area contributed by atoms with Crippen LogP contribution in [0, 0.1) is 0 Å². The lowest BCUT2D eigenvalue weighted by Crippen LogP contribution is -2.37. The maximum atomic E-state index is 6.13. The van der Waals surface area contributed by atoms with Crippen LogP contribution in [0.5, 0.6) is 0 Å². The Bertz CT molecular complexity index is 614. The fourth-order valence-electron chi connectivity index (χ4n) is 3.10. The second kappa shape index (κ2) is 7.79. The highest BCUT2D eigenvalue weighted by Crippen LogP contribution is 2.35. The smallest absolute Gasteiger partial charge is 0.108 e. The number of rotatable bonds is 6. The van der Waals surface area contributed by atoms with Gasteiger partial charge in [0.1, 0.15) is 14.4 Å². The Morgan fingerprint density at radius 3 is 1.48 bits per heavy atom. The Balaban J connectivity index is 2.05. The molecule has 0 aliphatic heterocycles. The Labute approximate surface area is 155 Å². The minimum atomic E-state index is -1.38. The van der Waals surface area contributed by atoms with E-state index in [1.165, 1.54) is 23.2 Å². The molecule has 2 aromatic carbocycles. The monoisotopic (exact) mass is 398 g/mol. The van der Waals surface area contributed by atoms with Gasteiger partial charge in [0.05, 0.1) is 0 Å². The van der Waals surface area contributed by atoms with Gasteiger partial charge < -0.3 is 0 Å². The van der Waals surface area contributed by atoms with Crippen molar-refractivity contribution in [2.75, 3.05) is 0 Å². The molecular weight excluding hydrogens is 375 g/mol. The zero-order valence-corrected chi connectivity index (χ0v) is 18.5. The summed E-state index contributed by atoms with van der Waals surface area (Å²) >= 11 is 12.3. The van der Waals surface area contributed by atoms with E-state index in [0.717, 1.165) is 10.0 Å². The molecule has 0 saturated heterocycles. The lowest BCUT2D eigenvalue weighted by Gasteiger charge is -2.32. The molecular formula is C18H24Cl2SSi2. The second-order valence-electron chi connectivity index (χ2n) is 7.23. The summed E-state index contributed by atoms with van der Waals surface area (Å²) in [6.07, 6.45) is 0. The highest BCUT2D eigenvalue weighted by atomic mass is 35.5. The van der Waals surface area contributed by atoms with E-state index in [0.29, 0.717) is 0 Å². The van der Waals surface area contributed by atoms with E-state index < -0.39 is 14.4 Å². The van der Waals surface area contributed by atoms with E-state index in [-0.39, 0.29) is 0 Å². The van der Waals surface area contributed by atoms with Gasteiger partial charge in [0.15, 0.2) is 0 Å². The van der Waals surface area contributed by atoms with Gasteiger partial charge in [-0.15, -0.1) is 0 Å². The van der Waals surface area contributed by atoms with Crippen LogP contribution in [0.25, 0.3) is 0 Å². The van der Waals surface area contributed by atoms with E-state index >= 15 is 0 Å². The predicted molar refractivity (Wildman–Crippen MR) is 113 cm³/mol. The van der Waals surface area contributed by atoms with E-state index in [9.17, 15) is 0 Å². The Hall–Kier alpha value is -0.196. The molecule has 0 spiro atoms. The maximum absolute atomic E-state index is 6.13. The van der Waals surface area contributed by atoms with E-state index in [2.05, 4.69) is 73.2 Å². The molecule has 0 saturated carbocycles. The molecule has 5 heteroatoms. The summed E-state index contributed by atoms with van der Waals surface area (Å²) < 4.78 is 0. The average Bonchev–Trinajstić information content (AvgIpc) is 2.35. The third-order valence-corrected chi connectivity index (χ3v) is 21.8. The van der Waals surface area contributed by atoms with Crippen LogP contribution in [0.15, 0.2) is 48.5 Å². The van der Waals surface area contributed by atoms with Crippen LogP contribution in [-0.2, 0) is 12.1 Å². The molecule has 0 aliphatic rings. The quantitative estimate of drug-likeness (QED) is 0.471. The van der Waals surface area contributed by atoms with Crippen molar-refractivity contribution >= 4 is 48.3 Å². The van der Waals surface area contributed by atoms with Gasteiger partial charge in [-0.25, -0.2) is 10.7 Å². The summed E-state index contributed by atoms with van der Waals surface area (Å²) in [6, 6.07) is 19.0. The molecule has 0 heterocycles. The molecule has 0 bridgehead atoms. The molecule has 2 rings (SSSR count). The first-order chi connectivity index (χ1) is 10.7. The topological polar surface area (TPSA) is 0 Å². The van der Waals surface area contributed by atoms with Gasteiger partial charge >= 0.3 is 0 Å². The third kappa shape index (κ3) is 6.67. The lowest BCUT2D eigenvalue weighted by molar-refractivity contribution is 1.34. The number of hydrogen-bond donors (Lipinski definition) is 0. The van der Waals surface area contributed by atoms with Crippen molar-refractivity contribution in [2.24, 2.45) is 0 Å². The minimum Gasteiger partial charge on any atom is -0.205 e. The average molecular weight is 400 g/mol. The van der Waals surface area contributed by atoms with Crippen LogP contribution in [0.4, 0.5) is 0 Å². The van der Waals surface area contributed by atoms with Gasteiger partial charge in [-0.2, -0.15) is 0 Å². The third-order valence-electron chi connectivity index (χ3n) is 3.59. The molecule has 0 atom stereocenters. The summed E-state index contributed by atoms with van der Waals surface area (Å²) in [4.78, 5) is 0. The van der Waals surface area contributed by atoms with Crippen LogP contribution in [0.3, 0.4) is 0 Å². The molecule has 0 N–H and O–H groups in total. The van der Waals surface area contributed by atoms with Crippen molar-refractivity contribution in [1.29, 1.82) is 0 Å². The zero-order valence-electron chi connectivity index (χ0n) is 14.2. The predicted octanol–water partition coefficient (Wildman–Crippen LogP) is 7.00. The first-order valence-electron chi connectivity index (χ1n) is 7.84. The van der Waals surface area contributed by atoms with Crippen molar-refractivity contribution in [3.63, 3.8) is 0 Å². The summed E-state index contributed by atoms with van der Waals surface area (Å²) in [6.45, 7) is 9.91. The molecule has 0 unspecified atom stereocenters. The van der Waals surface area contributed by atoms with E-state index in [1.54, 1.807) is 0 Å². The van der Waals surface area contributed by atoms with Crippen LogP contribution < -0.4 is 0 Å². The van der Waals surface area contributed by atoms with Crippen molar-refractivity contribution in [3.05, 3.63) is 69.7 Å². The van der Waals surface area contributed by atoms with Gasteiger partial charge in [-0.1, -0.05) is 73.7 Å². The number of benzene rings is 2. The maximum Gasteiger partial charge on any atom is 0.108 e. The molecule has 124 valence electrons. The standard InChI is InChI=1S/C18H24Cl2SSi2/c1-22(2,13-15-7-5-9-17(19)11-15)21-23(3,4)14-16-8-6-10-18(20)12-16/h5-12H,13-14H2,1-4H3. The normalized spacial score (nSPS) is 12.4. The Kier molecular flexibility index (Phi) is 6.48. The van der Waals surface area contributed by atoms with Gasteiger partial charge in [0.2, 0.25) is 0 Å². The minimum absolute atomic E-state index is 0.840. The Morgan fingerprint density at radius 2 is 1.13 bits per heavy atom. The van der Waals surface area contributed by atoms with Gasteiger partial charge in [-0.3, -0.25) is 0 Å². The fourth-order valence-corrected chi connectivity index (χ4v) is 28.3. The molecule has 2 aromatic rings. The highest BCUT2D eigenvalue weighted by molar-refractivity contribution is 8.49. The zero-order chi connectivity index (χ0) is 17.1. The van der Waals surface area contributed by atoms with E-state index in [1.807, 2.05) is 12.1 Å². The molecule has 0 fully saturated rings. The first kappa shape index (κ1) is 19.1. The largest absolute Gasteiger partial charge is 0.205 e. The van der Waals surface area contributed by atoms with Gasteiger partial charge in [-0.05, 0) is 47.5 Å². The highest BCUT2D eigenvalue weighted by Gasteiger charge is 2.33. The SMILES string of the molecule is C[Si](C)(Cc1cccc(Cl)c1)S[Si](C)(C)Cc1cccc(Cl)c1. The van der Waals surface area contributed by atoms with Crippen molar-refractivity contribution in [1.82, 2.24) is 0 Å². The summed E-state index contributed by atoms with van der Waals surface area (Å²) in [5, 5.41) is 1.68. The van der Waals surface area contributed by atoms with Gasteiger partial charge in [0, 0.05) is 10.0 Å². The summed E-state index contributed by atoms with van der Waals surface area (Å²) in [5.41, 5.74) is 2.74. The molecule has 23 heavy (non-hydrogen) atoms.